The van der Waals surface area contributed by atoms with E-state index in [9.17, 15) is 0 Å². The summed E-state index contributed by atoms with van der Waals surface area (Å²) < 4.78 is 1.47. The summed E-state index contributed by atoms with van der Waals surface area (Å²) in [5.41, 5.74) is 0.344. The topological polar surface area (TPSA) is 3.24 Å². The van der Waals surface area contributed by atoms with Crippen LogP contribution in [0, 0.1) is 5.92 Å². The van der Waals surface area contributed by atoms with Gasteiger partial charge in [-0.15, -0.1) is 11.3 Å². The van der Waals surface area contributed by atoms with Crippen LogP contribution >= 0.6 is 11.3 Å². The zero-order valence-electron chi connectivity index (χ0n) is 13.7. The molecule has 0 amide bonds. The second-order valence-electron chi connectivity index (χ2n) is 7.43. The van der Waals surface area contributed by atoms with Crippen LogP contribution in [-0.2, 0) is 5.54 Å². The molecule has 2 fully saturated rings. The number of piperidine rings is 1. The highest BCUT2D eigenvalue weighted by Crippen LogP contribution is 2.47. The van der Waals surface area contributed by atoms with Gasteiger partial charge in [0.05, 0.1) is 5.54 Å². The zero-order valence-corrected chi connectivity index (χ0v) is 14.5. The van der Waals surface area contributed by atoms with E-state index in [2.05, 4.69) is 53.5 Å². The number of hydrogen-bond donors (Lipinski definition) is 0. The molecule has 1 aromatic carbocycles. The van der Waals surface area contributed by atoms with Crippen molar-refractivity contribution in [2.24, 2.45) is 5.92 Å². The first-order valence-corrected chi connectivity index (χ1v) is 9.84. The first kappa shape index (κ1) is 14.7. The molecular formula is C20H27NS. The van der Waals surface area contributed by atoms with Gasteiger partial charge in [-0.3, -0.25) is 4.90 Å². The molecule has 2 aliphatic rings. The van der Waals surface area contributed by atoms with Gasteiger partial charge >= 0.3 is 0 Å². The molecule has 1 saturated heterocycles. The van der Waals surface area contributed by atoms with Gasteiger partial charge in [0.15, 0.2) is 0 Å². The molecule has 1 saturated carbocycles. The minimum Gasteiger partial charge on any atom is -0.293 e. The van der Waals surface area contributed by atoms with E-state index in [0.717, 1.165) is 5.92 Å². The molecule has 2 heteroatoms. The van der Waals surface area contributed by atoms with Crippen LogP contribution < -0.4 is 0 Å². The molecule has 0 spiro atoms. The van der Waals surface area contributed by atoms with Gasteiger partial charge in [0.25, 0.3) is 0 Å². The van der Waals surface area contributed by atoms with Crippen molar-refractivity contribution in [1.29, 1.82) is 0 Å². The fourth-order valence-corrected chi connectivity index (χ4v) is 5.98. The van der Waals surface area contributed by atoms with Gasteiger partial charge in [-0.05, 0) is 55.7 Å². The fraction of sp³-hybridized carbons (Fsp3) is 0.600. The molecule has 2 heterocycles. The Kier molecular flexibility index (Phi) is 4.00. The molecule has 118 valence electrons. The molecular weight excluding hydrogens is 286 g/mol. The summed E-state index contributed by atoms with van der Waals surface area (Å²) in [7, 11) is 0. The van der Waals surface area contributed by atoms with E-state index in [1.807, 2.05) is 0 Å². The maximum absolute atomic E-state index is 2.87. The van der Waals surface area contributed by atoms with Crippen molar-refractivity contribution in [3.05, 3.63) is 35.2 Å². The lowest BCUT2D eigenvalue weighted by molar-refractivity contribution is 0.0166. The monoisotopic (exact) mass is 313 g/mol. The molecule has 1 aliphatic carbocycles. The van der Waals surface area contributed by atoms with E-state index in [0.29, 0.717) is 5.54 Å². The van der Waals surface area contributed by atoms with Gasteiger partial charge in [-0.1, -0.05) is 44.4 Å². The summed E-state index contributed by atoms with van der Waals surface area (Å²) in [5, 5.41) is 1.44. The molecule has 1 aromatic heterocycles. The smallest absolute Gasteiger partial charge is 0.0554 e. The lowest BCUT2D eigenvalue weighted by atomic mass is 9.77. The van der Waals surface area contributed by atoms with Crippen LogP contribution in [0.15, 0.2) is 30.3 Å². The Labute approximate surface area is 138 Å². The maximum Gasteiger partial charge on any atom is 0.0554 e. The number of benzene rings is 1. The highest BCUT2D eigenvalue weighted by Gasteiger charge is 2.41. The Bertz CT molecular complexity index is 605. The van der Waals surface area contributed by atoms with Gasteiger partial charge < -0.3 is 0 Å². The zero-order chi connectivity index (χ0) is 15.0. The molecule has 0 unspecified atom stereocenters. The van der Waals surface area contributed by atoms with Gasteiger partial charge in [-0.2, -0.15) is 0 Å². The standard InChI is InChI=1S/C20H27NS/c1-16-8-7-13-21(15-16)20(11-5-2-6-12-20)19-14-17-9-3-4-10-18(17)22-19/h3-4,9-10,14,16H,2,5-8,11-13,15H2,1H3/t16-/m0/s1. The first-order chi connectivity index (χ1) is 10.8. The molecule has 1 atom stereocenters. The fourth-order valence-electron chi connectivity index (χ4n) is 4.64. The Morgan fingerprint density at radius 1 is 1.09 bits per heavy atom. The van der Waals surface area contributed by atoms with Crippen LogP contribution in [0.2, 0.25) is 0 Å². The summed E-state index contributed by atoms with van der Waals surface area (Å²) in [6.45, 7) is 5.04. The van der Waals surface area contributed by atoms with Gasteiger partial charge in [0, 0.05) is 16.1 Å². The molecule has 22 heavy (non-hydrogen) atoms. The molecule has 2 aromatic rings. The van der Waals surface area contributed by atoms with Crippen molar-refractivity contribution < 1.29 is 0 Å². The quantitative estimate of drug-likeness (QED) is 0.678. The third-order valence-corrected chi connectivity index (χ3v) is 7.14. The van der Waals surface area contributed by atoms with E-state index in [1.54, 1.807) is 4.88 Å². The average Bonchev–Trinajstić information content (AvgIpc) is 3.00. The SMILES string of the molecule is C[C@H]1CCCN(C2(c3cc4ccccc4s3)CCCCC2)C1. The number of hydrogen-bond acceptors (Lipinski definition) is 2. The molecule has 0 radical (unpaired) electrons. The van der Waals surface area contributed by atoms with E-state index in [1.165, 1.54) is 68.1 Å². The third-order valence-electron chi connectivity index (χ3n) is 5.83. The Morgan fingerprint density at radius 2 is 1.91 bits per heavy atom. The molecule has 0 N–H and O–H groups in total. The van der Waals surface area contributed by atoms with E-state index in [4.69, 9.17) is 0 Å². The Hall–Kier alpha value is -0.860. The number of nitrogens with zero attached hydrogens (tertiary/aromatic N) is 1. The predicted molar refractivity (Wildman–Crippen MR) is 96.6 cm³/mol. The highest BCUT2D eigenvalue weighted by molar-refractivity contribution is 7.19. The van der Waals surface area contributed by atoms with E-state index < -0.39 is 0 Å². The molecule has 4 rings (SSSR count). The van der Waals surface area contributed by atoms with E-state index in [-0.39, 0.29) is 0 Å². The lowest BCUT2D eigenvalue weighted by Gasteiger charge is -2.49. The molecule has 1 aliphatic heterocycles. The minimum absolute atomic E-state index is 0.344. The van der Waals surface area contributed by atoms with Crippen molar-refractivity contribution in [2.45, 2.75) is 57.4 Å². The third kappa shape index (κ3) is 2.51. The number of likely N-dealkylation sites (tertiary alicyclic amines) is 1. The number of fused-ring (bicyclic) bond motifs is 1. The number of rotatable bonds is 2. The summed E-state index contributed by atoms with van der Waals surface area (Å²) in [5.74, 6) is 0.863. The van der Waals surface area contributed by atoms with Crippen molar-refractivity contribution in [1.82, 2.24) is 4.90 Å². The normalized spacial score (nSPS) is 26.3. The van der Waals surface area contributed by atoms with Crippen molar-refractivity contribution in [3.8, 4) is 0 Å². The molecule has 1 nitrogen and oxygen atoms in total. The Balaban J connectivity index is 1.76. The Morgan fingerprint density at radius 3 is 2.68 bits per heavy atom. The van der Waals surface area contributed by atoms with Gasteiger partial charge in [-0.25, -0.2) is 0 Å². The lowest BCUT2D eigenvalue weighted by Crippen LogP contribution is -2.51. The summed E-state index contributed by atoms with van der Waals surface area (Å²) in [6, 6.07) is 11.4. The second-order valence-corrected chi connectivity index (χ2v) is 8.52. The minimum atomic E-state index is 0.344. The van der Waals surface area contributed by atoms with Crippen LogP contribution in [-0.4, -0.2) is 18.0 Å². The predicted octanol–water partition coefficient (Wildman–Crippen LogP) is 5.79. The van der Waals surface area contributed by atoms with Crippen LogP contribution in [0.3, 0.4) is 0 Å². The van der Waals surface area contributed by atoms with Crippen LogP contribution in [0.5, 0.6) is 0 Å². The molecule has 0 bridgehead atoms. The summed E-state index contributed by atoms with van der Waals surface area (Å²) in [4.78, 5) is 4.51. The van der Waals surface area contributed by atoms with Crippen molar-refractivity contribution in [2.75, 3.05) is 13.1 Å². The van der Waals surface area contributed by atoms with Crippen LogP contribution in [0.4, 0.5) is 0 Å². The van der Waals surface area contributed by atoms with Crippen LogP contribution in [0.25, 0.3) is 10.1 Å². The number of thiophene rings is 1. The highest BCUT2D eigenvalue weighted by atomic mass is 32.1. The summed E-state index contributed by atoms with van der Waals surface area (Å²) in [6.07, 6.45) is 9.76. The van der Waals surface area contributed by atoms with Gasteiger partial charge in [0.1, 0.15) is 0 Å². The van der Waals surface area contributed by atoms with Crippen molar-refractivity contribution in [3.63, 3.8) is 0 Å². The van der Waals surface area contributed by atoms with Crippen molar-refractivity contribution >= 4 is 21.4 Å². The summed E-state index contributed by atoms with van der Waals surface area (Å²) >= 11 is 2.06. The van der Waals surface area contributed by atoms with Gasteiger partial charge in [0.2, 0.25) is 0 Å². The largest absolute Gasteiger partial charge is 0.293 e. The average molecular weight is 314 g/mol. The van der Waals surface area contributed by atoms with Crippen LogP contribution in [0.1, 0.15) is 56.7 Å². The second kappa shape index (κ2) is 5.98. The maximum atomic E-state index is 2.87. The first-order valence-electron chi connectivity index (χ1n) is 9.02. The van der Waals surface area contributed by atoms with E-state index >= 15 is 0 Å².